The van der Waals surface area contributed by atoms with Crippen molar-refractivity contribution in [2.45, 2.75) is 83.3 Å². The molecule has 2 fully saturated rings. The maximum absolute atomic E-state index is 5.31. The fourth-order valence-electron chi connectivity index (χ4n) is 4.29. The largest absolute Gasteiger partial charge is 0.385 e. The van der Waals surface area contributed by atoms with Gasteiger partial charge in [0.2, 0.25) is 0 Å². The number of hydrogen-bond acceptors (Lipinski definition) is 3. The molecule has 0 aromatic rings. The van der Waals surface area contributed by atoms with Crippen molar-refractivity contribution in [2.24, 2.45) is 5.92 Å². The number of hydrogen-bond donors (Lipinski definition) is 1. The van der Waals surface area contributed by atoms with E-state index < -0.39 is 0 Å². The van der Waals surface area contributed by atoms with E-state index in [1.165, 1.54) is 45.1 Å². The van der Waals surface area contributed by atoms with Crippen LogP contribution >= 0.6 is 0 Å². The minimum absolute atomic E-state index is 0.304. The van der Waals surface area contributed by atoms with E-state index in [2.05, 4.69) is 31.0 Å². The molecule has 3 unspecified atom stereocenters. The van der Waals surface area contributed by atoms with Gasteiger partial charge in [0.15, 0.2) is 0 Å². The minimum atomic E-state index is 0.304. The first-order valence-corrected chi connectivity index (χ1v) is 9.10. The third-order valence-electron chi connectivity index (χ3n) is 6.08. The summed E-state index contributed by atoms with van der Waals surface area (Å²) in [5, 5.41) is 3.90. The smallest absolute Gasteiger partial charge is 0.0477 e. The molecule has 0 aromatic heterocycles. The molecule has 1 saturated carbocycles. The number of nitrogens with one attached hydrogen (secondary N) is 1. The molecular formula is C18H36N2O. The second-order valence-electron chi connectivity index (χ2n) is 7.52. The number of rotatable bonds is 6. The molecular weight excluding hydrogens is 260 g/mol. The maximum atomic E-state index is 5.31. The molecule has 0 radical (unpaired) electrons. The Morgan fingerprint density at radius 1 is 1.29 bits per heavy atom. The van der Waals surface area contributed by atoms with Crippen LogP contribution in [0.1, 0.15) is 65.7 Å². The summed E-state index contributed by atoms with van der Waals surface area (Å²) < 4.78 is 5.31. The van der Waals surface area contributed by atoms with Gasteiger partial charge in [-0.2, -0.15) is 0 Å². The SMILES string of the molecule is CCC1(C)CNC(C2CCCCC2)CN1C(C)CCOC. The molecule has 2 rings (SSSR count). The normalized spacial score (nSPS) is 34.0. The molecule has 1 heterocycles. The average Bonchev–Trinajstić information content (AvgIpc) is 2.53. The van der Waals surface area contributed by atoms with Gasteiger partial charge < -0.3 is 10.1 Å². The first kappa shape index (κ1) is 17.2. The lowest BCUT2D eigenvalue weighted by Gasteiger charge is -2.52. The molecule has 124 valence electrons. The zero-order valence-corrected chi connectivity index (χ0v) is 14.7. The van der Waals surface area contributed by atoms with Crippen LogP contribution in [0, 0.1) is 5.92 Å². The predicted octanol–water partition coefficient (Wildman–Crippen LogP) is 3.43. The van der Waals surface area contributed by atoms with Gasteiger partial charge in [0.25, 0.3) is 0 Å². The Balaban J connectivity index is 2.00. The molecule has 3 atom stereocenters. The topological polar surface area (TPSA) is 24.5 Å². The van der Waals surface area contributed by atoms with Crippen LogP contribution in [0.2, 0.25) is 0 Å². The lowest BCUT2D eigenvalue weighted by molar-refractivity contribution is -0.00795. The number of nitrogens with zero attached hydrogens (tertiary/aromatic N) is 1. The van der Waals surface area contributed by atoms with Crippen LogP contribution in [0.3, 0.4) is 0 Å². The van der Waals surface area contributed by atoms with E-state index in [1.807, 2.05) is 7.11 Å². The second kappa shape index (κ2) is 7.94. The van der Waals surface area contributed by atoms with Crippen LogP contribution < -0.4 is 5.32 Å². The summed E-state index contributed by atoms with van der Waals surface area (Å²) in [7, 11) is 1.81. The van der Waals surface area contributed by atoms with Crippen molar-refractivity contribution in [3.05, 3.63) is 0 Å². The standard InChI is InChI=1S/C18H36N2O/c1-5-18(3)14-19-17(16-9-7-6-8-10-16)13-20(18)15(2)11-12-21-4/h15-17,19H,5-14H2,1-4H3. The van der Waals surface area contributed by atoms with Gasteiger partial charge >= 0.3 is 0 Å². The summed E-state index contributed by atoms with van der Waals surface area (Å²) in [6.07, 6.45) is 9.55. The summed E-state index contributed by atoms with van der Waals surface area (Å²) >= 11 is 0. The van der Waals surface area contributed by atoms with E-state index in [-0.39, 0.29) is 0 Å². The molecule has 0 spiro atoms. The summed E-state index contributed by atoms with van der Waals surface area (Å²) in [6.45, 7) is 10.4. The van der Waals surface area contributed by atoms with Gasteiger partial charge in [-0.3, -0.25) is 4.90 Å². The summed E-state index contributed by atoms with van der Waals surface area (Å²) in [5.74, 6) is 0.900. The summed E-state index contributed by atoms with van der Waals surface area (Å²) in [5.41, 5.74) is 0.304. The molecule has 1 aliphatic carbocycles. The monoisotopic (exact) mass is 296 g/mol. The molecule has 0 aromatic carbocycles. The van der Waals surface area contributed by atoms with E-state index >= 15 is 0 Å². The number of methoxy groups -OCH3 is 1. The summed E-state index contributed by atoms with van der Waals surface area (Å²) in [4.78, 5) is 2.78. The lowest BCUT2D eigenvalue weighted by atomic mass is 9.80. The van der Waals surface area contributed by atoms with Crippen LogP contribution in [-0.2, 0) is 4.74 Å². The maximum Gasteiger partial charge on any atom is 0.0477 e. The van der Waals surface area contributed by atoms with Gasteiger partial charge in [-0.1, -0.05) is 26.2 Å². The van der Waals surface area contributed by atoms with Crippen molar-refractivity contribution >= 4 is 0 Å². The van der Waals surface area contributed by atoms with E-state index in [1.54, 1.807) is 0 Å². The second-order valence-corrected chi connectivity index (χ2v) is 7.52. The van der Waals surface area contributed by atoms with Crippen LogP contribution in [-0.4, -0.2) is 49.3 Å². The molecule has 21 heavy (non-hydrogen) atoms. The highest BCUT2D eigenvalue weighted by atomic mass is 16.5. The molecule has 0 amide bonds. The Labute approximate surface area is 131 Å². The van der Waals surface area contributed by atoms with Crippen LogP contribution in [0.4, 0.5) is 0 Å². The highest BCUT2D eigenvalue weighted by molar-refractivity contribution is 4.99. The number of piperazine rings is 1. The first-order chi connectivity index (χ1) is 10.1. The van der Waals surface area contributed by atoms with Gasteiger partial charge in [0, 0.05) is 44.4 Å². The van der Waals surface area contributed by atoms with Gasteiger partial charge in [-0.05, 0) is 45.4 Å². The fraction of sp³-hybridized carbons (Fsp3) is 1.00. The Morgan fingerprint density at radius 3 is 2.62 bits per heavy atom. The predicted molar refractivity (Wildman–Crippen MR) is 89.7 cm³/mol. The quantitative estimate of drug-likeness (QED) is 0.812. The van der Waals surface area contributed by atoms with Crippen LogP contribution in [0.25, 0.3) is 0 Å². The highest BCUT2D eigenvalue weighted by Crippen LogP contribution is 2.33. The Hall–Kier alpha value is -0.120. The van der Waals surface area contributed by atoms with Crippen molar-refractivity contribution < 1.29 is 4.74 Å². The van der Waals surface area contributed by atoms with E-state index in [0.717, 1.165) is 25.5 Å². The minimum Gasteiger partial charge on any atom is -0.385 e. The van der Waals surface area contributed by atoms with E-state index in [4.69, 9.17) is 4.74 Å². The van der Waals surface area contributed by atoms with E-state index in [9.17, 15) is 0 Å². The molecule has 3 nitrogen and oxygen atoms in total. The third kappa shape index (κ3) is 4.20. The highest BCUT2D eigenvalue weighted by Gasteiger charge is 2.40. The Bertz CT molecular complexity index is 304. The van der Waals surface area contributed by atoms with Crippen molar-refractivity contribution in [3.8, 4) is 0 Å². The Kier molecular flexibility index (Phi) is 6.51. The van der Waals surface area contributed by atoms with Crippen molar-refractivity contribution in [2.75, 3.05) is 26.8 Å². The van der Waals surface area contributed by atoms with Gasteiger partial charge in [-0.25, -0.2) is 0 Å². The van der Waals surface area contributed by atoms with E-state index in [0.29, 0.717) is 17.6 Å². The number of ether oxygens (including phenoxy) is 1. The third-order valence-corrected chi connectivity index (χ3v) is 6.08. The van der Waals surface area contributed by atoms with Gasteiger partial charge in [0.05, 0.1) is 0 Å². The zero-order chi connectivity index (χ0) is 15.3. The van der Waals surface area contributed by atoms with Crippen LogP contribution in [0.15, 0.2) is 0 Å². The van der Waals surface area contributed by atoms with Crippen LogP contribution in [0.5, 0.6) is 0 Å². The van der Waals surface area contributed by atoms with Crippen molar-refractivity contribution in [3.63, 3.8) is 0 Å². The molecule has 2 aliphatic rings. The lowest BCUT2D eigenvalue weighted by Crippen LogP contribution is -2.66. The molecule has 1 N–H and O–H groups in total. The van der Waals surface area contributed by atoms with Gasteiger partial charge in [0.1, 0.15) is 0 Å². The van der Waals surface area contributed by atoms with Crippen molar-refractivity contribution in [1.29, 1.82) is 0 Å². The summed E-state index contributed by atoms with van der Waals surface area (Å²) in [6, 6.07) is 1.32. The first-order valence-electron chi connectivity index (χ1n) is 9.10. The molecule has 1 saturated heterocycles. The molecule has 3 heteroatoms. The fourth-order valence-corrected chi connectivity index (χ4v) is 4.29. The Morgan fingerprint density at radius 2 is 2.00 bits per heavy atom. The molecule has 1 aliphatic heterocycles. The average molecular weight is 296 g/mol. The van der Waals surface area contributed by atoms with Crippen molar-refractivity contribution in [1.82, 2.24) is 10.2 Å². The molecule has 0 bridgehead atoms. The zero-order valence-electron chi connectivity index (χ0n) is 14.7. The van der Waals surface area contributed by atoms with Gasteiger partial charge in [-0.15, -0.1) is 0 Å².